The summed E-state index contributed by atoms with van der Waals surface area (Å²) in [7, 11) is -3.51. The number of nitriles is 1. The molecule has 1 aliphatic carbocycles. The molecule has 1 saturated carbocycles. The molecule has 0 saturated heterocycles. The van der Waals surface area contributed by atoms with Gasteiger partial charge >= 0.3 is 19.9 Å². The number of nitrogen functional groups attached to an aromatic ring is 1. The molecule has 0 bridgehead atoms. The Morgan fingerprint density at radius 2 is 1.87 bits per heavy atom. The average Bonchev–Trinajstić information content (AvgIpc) is 3.49. The van der Waals surface area contributed by atoms with Crippen molar-refractivity contribution in [1.82, 2.24) is 19.7 Å². The van der Waals surface area contributed by atoms with Gasteiger partial charge in [-0.25, -0.2) is 14.1 Å². The number of aromatic nitrogens is 3. The van der Waals surface area contributed by atoms with Crippen molar-refractivity contribution in [2.75, 3.05) is 26.1 Å². The van der Waals surface area contributed by atoms with Crippen LogP contribution in [0.15, 0.2) is 48.8 Å². The van der Waals surface area contributed by atoms with Crippen LogP contribution in [0, 0.1) is 23.2 Å². The van der Waals surface area contributed by atoms with Crippen molar-refractivity contribution in [1.29, 1.82) is 5.26 Å². The van der Waals surface area contributed by atoms with Gasteiger partial charge in [-0.15, -0.1) is 0 Å². The molecule has 3 aromatic rings. The normalized spacial score (nSPS) is 21.5. The summed E-state index contributed by atoms with van der Waals surface area (Å²) in [6.07, 6.45) is -6.58. The third-order valence-corrected chi connectivity index (χ3v) is 9.66. The molecule has 4 rings (SSSR count). The standard InChI is InChI=1S/C29H36F3N6O8P/c1-18(27(41)44-14-19-8-10-20(11-9-19)29(30,31)32)37-47(42,46-21-6-4-3-5-7-21)45-16-28(15-33,43-2)25(40)24(39)22-12-13-23-26(34)35-17-36-38(22)23/h3-7,12-13,17-20,24-25,39-40H,8-11,14,16H2,1-2H3,(H,37,42)(H2,34,35,36)/t18-,19?,20?,24-,25-,28+,47-/m0/s1. The average molecular weight is 685 g/mol. The quantitative estimate of drug-likeness (QED) is 0.141. The first-order chi connectivity index (χ1) is 22.2. The van der Waals surface area contributed by atoms with Crippen molar-refractivity contribution in [2.45, 2.75) is 62.6 Å². The number of methoxy groups -OCH3 is 1. The number of benzene rings is 1. The Balaban J connectivity index is 1.47. The smallest absolute Gasteiger partial charge is 0.459 e. The molecule has 0 spiro atoms. The van der Waals surface area contributed by atoms with Crippen LogP contribution in [-0.2, 0) is 23.4 Å². The second-order valence-corrected chi connectivity index (χ2v) is 12.9. The molecular formula is C29H36F3N6O8P. The molecule has 1 fully saturated rings. The molecule has 5 atom stereocenters. The van der Waals surface area contributed by atoms with E-state index in [9.17, 15) is 38.0 Å². The summed E-state index contributed by atoms with van der Waals surface area (Å²) in [4.78, 5) is 16.7. The lowest BCUT2D eigenvalue weighted by molar-refractivity contribution is -0.185. The number of carbonyl (C=O) groups excluding carboxylic acids is 1. The molecule has 18 heteroatoms. The molecule has 1 aromatic carbocycles. The van der Waals surface area contributed by atoms with Crippen LogP contribution in [0.25, 0.3) is 5.52 Å². The van der Waals surface area contributed by atoms with Gasteiger partial charge in [-0.1, -0.05) is 18.2 Å². The lowest BCUT2D eigenvalue weighted by atomic mass is 9.82. The molecule has 0 radical (unpaired) electrons. The predicted octanol–water partition coefficient (Wildman–Crippen LogP) is 3.71. The molecule has 256 valence electrons. The van der Waals surface area contributed by atoms with Crippen LogP contribution in [0.2, 0.25) is 0 Å². The first-order valence-electron chi connectivity index (χ1n) is 14.6. The van der Waals surface area contributed by atoms with Gasteiger partial charge < -0.3 is 29.9 Å². The molecule has 2 heterocycles. The Bertz CT molecular complexity index is 1600. The number of nitrogens with two attached hydrogens (primary N) is 1. The number of alkyl halides is 3. The van der Waals surface area contributed by atoms with E-state index in [1.165, 1.54) is 35.7 Å². The monoisotopic (exact) mass is 684 g/mol. The number of aliphatic hydroxyl groups excluding tert-OH is 2. The van der Waals surface area contributed by atoms with Gasteiger partial charge in [0.1, 0.15) is 48.5 Å². The molecular weight excluding hydrogens is 648 g/mol. The van der Waals surface area contributed by atoms with Crippen molar-refractivity contribution >= 4 is 25.1 Å². The van der Waals surface area contributed by atoms with E-state index in [1.54, 1.807) is 24.3 Å². The van der Waals surface area contributed by atoms with E-state index in [4.69, 9.17) is 24.3 Å². The fourth-order valence-corrected chi connectivity index (χ4v) is 6.71. The van der Waals surface area contributed by atoms with E-state index in [2.05, 4.69) is 15.2 Å². The highest BCUT2D eigenvalue weighted by Gasteiger charge is 2.47. The predicted molar refractivity (Wildman–Crippen MR) is 159 cm³/mol. The number of ether oxygens (including phenoxy) is 2. The first-order valence-corrected chi connectivity index (χ1v) is 16.2. The van der Waals surface area contributed by atoms with Gasteiger partial charge in [0, 0.05) is 7.11 Å². The summed E-state index contributed by atoms with van der Waals surface area (Å²) in [5.74, 6) is -2.36. The van der Waals surface area contributed by atoms with Gasteiger partial charge in [0.2, 0.25) is 5.60 Å². The highest BCUT2D eigenvalue weighted by atomic mass is 31.2. The number of carbonyl (C=O) groups is 1. The topological polar surface area (TPSA) is 204 Å². The Morgan fingerprint density at radius 3 is 2.49 bits per heavy atom. The Kier molecular flexibility index (Phi) is 11.5. The van der Waals surface area contributed by atoms with Crippen LogP contribution in [0.3, 0.4) is 0 Å². The van der Waals surface area contributed by atoms with E-state index in [-0.39, 0.29) is 55.5 Å². The number of nitrogens with zero attached hydrogens (tertiary/aromatic N) is 4. The summed E-state index contributed by atoms with van der Waals surface area (Å²) >= 11 is 0. The van der Waals surface area contributed by atoms with Gasteiger partial charge in [-0.05, 0) is 62.8 Å². The fourth-order valence-electron chi connectivity index (χ4n) is 5.19. The summed E-state index contributed by atoms with van der Waals surface area (Å²) in [6, 6.07) is 11.1. The minimum Gasteiger partial charge on any atom is -0.464 e. The molecule has 0 unspecified atom stereocenters. The zero-order chi connectivity index (χ0) is 34.4. The Morgan fingerprint density at radius 1 is 1.19 bits per heavy atom. The largest absolute Gasteiger partial charge is 0.464 e. The number of hydrogen-bond acceptors (Lipinski definition) is 12. The van der Waals surface area contributed by atoms with E-state index in [0.29, 0.717) is 5.52 Å². The lowest BCUT2D eigenvalue weighted by Gasteiger charge is -2.34. The number of esters is 1. The van der Waals surface area contributed by atoms with E-state index < -0.39 is 56.3 Å². The van der Waals surface area contributed by atoms with Crippen LogP contribution >= 0.6 is 7.75 Å². The molecule has 0 amide bonds. The summed E-state index contributed by atoms with van der Waals surface area (Å²) in [5, 5.41) is 38.8. The van der Waals surface area contributed by atoms with Crippen LogP contribution in [0.1, 0.15) is 44.4 Å². The lowest BCUT2D eigenvalue weighted by Crippen LogP contribution is -2.50. The van der Waals surface area contributed by atoms with Crippen molar-refractivity contribution in [3.8, 4) is 11.8 Å². The Labute approximate surface area is 268 Å². The van der Waals surface area contributed by atoms with Crippen molar-refractivity contribution in [2.24, 2.45) is 11.8 Å². The van der Waals surface area contributed by atoms with Crippen LogP contribution in [-0.4, -0.2) is 75.0 Å². The maximum atomic E-state index is 14.0. The number of nitrogens with one attached hydrogen (secondary N) is 1. The fraction of sp³-hybridized carbons (Fsp3) is 0.517. The molecule has 47 heavy (non-hydrogen) atoms. The Hall–Kier alpha value is -3.78. The minimum atomic E-state index is -4.57. The molecule has 14 nitrogen and oxygen atoms in total. The molecule has 0 aliphatic heterocycles. The number of halogens is 3. The maximum Gasteiger partial charge on any atom is 0.459 e. The highest BCUT2D eigenvalue weighted by Crippen LogP contribution is 2.46. The van der Waals surface area contributed by atoms with E-state index >= 15 is 0 Å². The van der Waals surface area contributed by atoms with Gasteiger partial charge in [0.25, 0.3) is 0 Å². The van der Waals surface area contributed by atoms with E-state index in [0.717, 1.165) is 13.4 Å². The summed E-state index contributed by atoms with van der Waals surface area (Å²) in [6.45, 7) is 0.251. The number of anilines is 1. The van der Waals surface area contributed by atoms with Gasteiger partial charge in [0.15, 0.2) is 5.82 Å². The summed E-state index contributed by atoms with van der Waals surface area (Å²) < 4.78 is 76.0. The second kappa shape index (κ2) is 15.0. The maximum absolute atomic E-state index is 14.0. The van der Waals surface area contributed by atoms with Crippen molar-refractivity contribution in [3.63, 3.8) is 0 Å². The number of aliphatic hydroxyl groups is 2. The number of para-hydroxylation sites is 1. The third kappa shape index (κ3) is 8.58. The number of fused-ring (bicyclic) bond motifs is 1. The SMILES string of the molecule is CO[C@](C#N)(CO[P@@](=O)(N[C@@H](C)C(=O)OCC1CCC(C(F)(F)F)CC1)Oc1ccccc1)[C@@H](O)[C@@H](O)c1ccc2c(N)ncnn12. The van der Waals surface area contributed by atoms with Crippen LogP contribution in [0.5, 0.6) is 5.75 Å². The van der Waals surface area contributed by atoms with Crippen molar-refractivity contribution in [3.05, 3.63) is 54.5 Å². The first kappa shape index (κ1) is 36.1. The van der Waals surface area contributed by atoms with Gasteiger partial charge in [-0.2, -0.15) is 28.6 Å². The van der Waals surface area contributed by atoms with Crippen LogP contribution in [0.4, 0.5) is 19.0 Å². The van der Waals surface area contributed by atoms with Gasteiger partial charge in [-0.3, -0.25) is 9.32 Å². The highest BCUT2D eigenvalue weighted by molar-refractivity contribution is 7.52. The van der Waals surface area contributed by atoms with E-state index in [1.807, 2.05) is 0 Å². The van der Waals surface area contributed by atoms with Crippen molar-refractivity contribution < 1.29 is 51.3 Å². The minimum absolute atomic E-state index is 0.0309. The second-order valence-electron chi connectivity index (χ2n) is 11.2. The summed E-state index contributed by atoms with van der Waals surface area (Å²) in [5.41, 5.74) is 3.86. The molecule has 2 aromatic heterocycles. The molecule has 5 N–H and O–H groups in total. The zero-order valence-electron chi connectivity index (χ0n) is 25.5. The number of rotatable bonds is 14. The third-order valence-electron chi connectivity index (χ3n) is 8.04. The van der Waals surface area contributed by atoms with Gasteiger partial charge in [0.05, 0.1) is 18.2 Å². The van der Waals surface area contributed by atoms with Crippen LogP contribution < -0.4 is 15.3 Å². The zero-order valence-corrected chi connectivity index (χ0v) is 26.4. The molecule has 1 aliphatic rings. The number of hydrogen-bond donors (Lipinski definition) is 4.